The van der Waals surface area contributed by atoms with Gasteiger partial charge in [0.2, 0.25) is 11.2 Å². The molecule has 0 bridgehead atoms. The highest BCUT2D eigenvalue weighted by atomic mass is 19.4. The van der Waals surface area contributed by atoms with Crippen LogP contribution in [0.1, 0.15) is 22.1 Å². The van der Waals surface area contributed by atoms with Crippen molar-refractivity contribution in [2.75, 3.05) is 7.11 Å². The molecule has 2 aromatic heterocycles. The smallest absolute Gasteiger partial charge is 0.450 e. The van der Waals surface area contributed by atoms with Gasteiger partial charge in [-0.25, -0.2) is 0 Å². The molecule has 0 aliphatic heterocycles. The van der Waals surface area contributed by atoms with Crippen molar-refractivity contribution in [1.82, 2.24) is 0 Å². The zero-order valence-electron chi connectivity index (χ0n) is 16.9. The van der Waals surface area contributed by atoms with Crippen molar-refractivity contribution in [3.63, 3.8) is 0 Å². The number of benzene rings is 2. The second-order valence-electron chi connectivity index (χ2n) is 6.83. The van der Waals surface area contributed by atoms with Crippen molar-refractivity contribution < 1.29 is 41.4 Å². The van der Waals surface area contributed by atoms with Gasteiger partial charge in [-0.1, -0.05) is 18.2 Å². The van der Waals surface area contributed by atoms with Crippen LogP contribution in [0.2, 0.25) is 0 Å². The first-order valence-corrected chi connectivity index (χ1v) is 9.43. The Hall–Kier alpha value is -4.21. The Kier molecular flexibility index (Phi) is 5.59. The van der Waals surface area contributed by atoms with Crippen molar-refractivity contribution in [3.8, 4) is 22.6 Å². The molecule has 0 aliphatic carbocycles. The zero-order valence-corrected chi connectivity index (χ0v) is 16.9. The van der Waals surface area contributed by atoms with E-state index in [0.717, 1.165) is 6.07 Å². The van der Waals surface area contributed by atoms with Crippen molar-refractivity contribution >= 4 is 16.9 Å². The number of fused-ring (bicyclic) bond motifs is 1. The largest absolute Gasteiger partial charge is 0.542 e. The van der Waals surface area contributed by atoms with Crippen molar-refractivity contribution in [1.29, 1.82) is 0 Å². The Morgan fingerprint density at radius 3 is 2.48 bits per heavy atom. The third kappa shape index (κ3) is 4.27. The van der Waals surface area contributed by atoms with Crippen LogP contribution in [0.25, 0.3) is 22.1 Å². The first-order chi connectivity index (χ1) is 15.7. The van der Waals surface area contributed by atoms with Crippen LogP contribution in [0.15, 0.2) is 68.2 Å². The lowest BCUT2D eigenvalue weighted by Crippen LogP contribution is -2.21. The SMILES string of the molecule is COc1ccccc1-c1c(C(F)(F)F)oc2cc(OCc3ccc(C(=O)[O-])o3)ccc2c1=O. The van der Waals surface area contributed by atoms with E-state index in [1.54, 1.807) is 6.07 Å². The van der Waals surface area contributed by atoms with Gasteiger partial charge in [0.1, 0.15) is 41.2 Å². The van der Waals surface area contributed by atoms with Gasteiger partial charge < -0.3 is 28.2 Å². The van der Waals surface area contributed by atoms with Crippen LogP contribution in [0, 0.1) is 0 Å². The van der Waals surface area contributed by atoms with E-state index < -0.39 is 34.7 Å². The number of carbonyl (C=O) groups is 1. The maximum Gasteiger partial charge on any atom is 0.450 e. The lowest BCUT2D eigenvalue weighted by molar-refractivity contribution is -0.257. The Labute approximate surface area is 183 Å². The second kappa shape index (κ2) is 8.38. The van der Waals surface area contributed by atoms with Gasteiger partial charge >= 0.3 is 6.18 Å². The van der Waals surface area contributed by atoms with Gasteiger partial charge in [0.15, 0.2) is 0 Å². The summed E-state index contributed by atoms with van der Waals surface area (Å²) in [5, 5.41) is 10.7. The molecule has 0 aliphatic rings. The molecular weight excluding hydrogens is 445 g/mol. The summed E-state index contributed by atoms with van der Waals surface area (Å²) in [6, 6.07) is 12.2. The quantitative estimate of drug-likeness (QED) is 0.429. The number of carboxylic acids is 1. The maximum absolute atomic E-state index is 13.8. The third-order valence-corrected chi connectivity index (χ3v) is 4.74. The predicted octanol–water partition coefficient (Wildman–Crippen LogP) is 4.02. The topological polar surface area (TPSA) is 102 Å². The minimum absolute atomic E-state index is 0.0511. The molecule has 0 atom stereocenters. The summed E-state index contributed by atoms with van der Waals surface area (Å²) >= 11 is 0. The molecule has 0 amide bonds. The molecule has 170 valence electrons. The Balaban J connectivity index is 1.78. The van der Waals surface area contributed by atoms with E-state index in [-0.39, 0.29) is 40.4 Å². The molecule has 0 N–H and O–H groups in total. The second-order valence-corrected chi connectivity index (χ2v) is 6.83. The van der Waals surface area contributed by atoms with Gasteiger partial charge in [-0.05, 0) is 30.3 Å². The van der Waals surface area contributed by atoms with E-state index in [4.69, 9.17) is 18.3 Å². The Morgan fingerprint density at radius 2 is 1.82 bits per heavy atom. The fraction of sp³-hybridized carbons (Fsp3) is 0.130. The van der Waals surface area contributed by atoms with Crippen molar-refractivity contribution in [2.24, 2.45) is 0 Å². The molecule has 0 radical (unpaired) electrons. The fourth-order valence-electron chi connectivity index (χ4n) is 3.28. The number of ether oxygens (including phenoxy) is 2. The lowest BCUT2D eigenvalue weighted by Gasteiger charge is -2.15. The number of carbonyl (C=O) groups excluding carboxylic acids is 1. The van der Waals surface area contributed by atoms with Gasteiger partial charge in [-0.3, -0.25) is 4.79 Å². The summed E-state index contributed by atoms with van der Waals surface area (Å²) in [5.74, 6) is -3.04. The van der Waals surface area contributed by atoms with Gasteiger partial charge in [0.25, 0.3) is 0 Å². The number of furan rings is 1. The summed E-state index contributed by atoms with van der Waals surface area (Å²) < 4.78 is 62.3. The summed E-state index contributed by atoms with van der Waals surface area (Å²) in [6.45, 7) is -0.214. The molecule has 0 unspecified atom stereocenters. The summed E-state index contributed by atoms with van der Waals surface area (Å²) in [5.41, 5.74) is -1.93. The highest BCUT2D eigenvalue weighted by Crippen LogP contribution is 2.40. The van der Waals surface area contributed by atoms with Crippen molar-refractivity contribution in [3.05, 3.63) is 82.1 Å². The first-order valence-electron chi connectivity index (χ1n) is 9.43. The number of aromatic carboxylic acids is 1. The molecule has 0 saturated heterocycles. The highest BCUT2D eigenvalue weighted by Gasteiger charge is 2.40. The molecule has 2 aromatic carbocycles. The Bertz CT molecular complexity index is 1400. The van der Waals surface area contributed by atoms with Crippen LogP contribution in [-0.2, 0) is 12.8 Å². The minimum Gasteiger partial charge on any atom is -0.542 e. The van der Waals surface area contributed by atoms with Crippen molar-refractivity contribution in [2.45, 2.75) is 12.8 Å². The number of methoxy groups -OCH3 is 1. The number of halogens is 3. The van der Waals surface area contributed by atoms with E-state index in [0.29, 0.717) is 0 Å². The van der Waals surface area contributed by atoms with E-state index in [1.807, 2.05) is 0 Å². The molecule has 0 spiro atoms. The van der Waals surface area contributed by atoms with E-state index in [1.165, 1.54) is 49.6 Å². The molecule has 0 fully saturated rings. The monoisotopic (exact) mass is 459 g/mol. The van der Waals surface area contributed by atoms with Crippen LogP contribution in [0.3, 0.4) is 0 Å². The predicted molar refractivity (Wildman–Crippen MR) is 107 cm³/mol. The van der Waals surface area contributed by atoms with E-state index in [2.05, 4.69) is 0 Å². The van der Waals surface area contributed by atoms with Crippen LogP contribution in [0.4, 0.5) is 13.2 Å². The molecular formula is C23H14F3O7-. The van der Waals surface area contributed by atoms with Gasteiger partial charge in [-0.2, -0.15) is 13.2 Å². The zero-order chi connectivity index (χ0) is 23.8. The van der Waals surface area contributed by atoms with Gasteiger partial charge in [0, 0.05) is 11.6 Å². The molecule has 7 nitrogen and oxygen atoms in total. The van der Waals surface area contributed by atoms with E-state index >= 15 is 0 Å². The van der Waals surface area contributed by atoms with Crippen LogP contribution >= 0.6 is 0 Å². The molecule has 0 saturated carbocycles. The molecule has 2 heterocycles. The first kappa shape index (κ1) is 22.0. The minimum atomic E-state index is -4.96. The van der Waals surface area contributed by atoms with E-state index in [9.17, 15) is 27.9 Å². The maximum atomic E-state index is 13.8. The Morgan fingerprint density at radius 1 is 1.06 bits per heavy atom. The number of para-hydroxylation sites is 1. The number of carboxylic acid groups (broad SMARTS) is 1. The summed E-state index contributed by atoms with van der Waals surface area (Å²) in [4.78, 5) is 23.9. The molecule has 4 aromatic rings. The molecule has 33 heavy (non-hydrogen) atoms. The summed E-state index contributed by atoms with van der Waals surface area (Å²) in [7, 11) is 1.29. The average molecular weight is 459 g/mol. The van der Waals surface area contributed by atoms with Crippen LogP contribution < -0.4 is 20.0 Å². The molecule has 10 heteroatoms. The average Bonchev–Trinajstić information content (AvgIpc) is 3.26. The number of alkyl halides is 3. The normalized spacial score (nSPS) is 11.5. The van der Waals surface area contributed by atoms with Crippen LogP contribution in [-0.4, -0.2) is 13.1 Å². The number of hydrogen-bond acceptors (Lipinski definition) is 7. The van der Waals surface area contributed by atoms with Crippen LogP contribution in [0.5, 0.6) is 11.5 Å². The number of rotatable bonds is 6. The molecule has 4 rings (SSSR count). The summed E-state index contributed by atoms with van der Waals surface area (Å²) in [6.07, 6.45) is -4.96. The standard InChI is InChI=1S/C23H15F3O7/c1-30-16-5-3-2-4-14(16)19-20(27)15-8-6-12(10-18(15)33-21(19)23(24,25)26)31-11-13-7-9-17(32-13)22(28)29/h2-10H,11H2,1H3,(H,28,29)/p-1. The fourth-order valence-corrected chi connectivity index (χ4v) is 3.28. The highest BCUT2D eigenvalue weighted by molar-refractivity contribution is 5.85. The van der Waals surface area contributed by atoms with Gasteiger partial charge in [-0.15, -0.1) is 0 Å². The lowest BCUT2D eigenvalue weighted by atomic mass is 10.0. The number of hydrogen-bond donors (Lipinski definition) is 0. The van der Waals surface area contributed by atoms with Gasteiger partial charge in [0.05, 0.1) is 18.1 Å². The third-order valence-electron chi connectivity index (χ3n) is 4.74.